The first kappa shape index (κ1) is 14.5. The third-order valence-electron chi connectivity index (χ3n) is 2.81. The Morgan fingerprint density at radius 1 is 1.05 bits per heavy atom. The van der Waals surface area contributed by atoms with Gasteiger partial charge in [0, 0.05) is 11.4 Å². The van der Waals surface area contributed by atoms with Gasteiger partial charge in [-0.2, -0.15) is 0 Å². The average Bonchev–Trinajstić information content (AvgIpc) is 2.40. The summed E-state index contributed by atoms with van der Waals surface area (Å²) in [4.78, 5) is 22.8. The molecule has 2 aromatic carbocycles. The first-order valence-electron chi connectivity index (χ1n) is 6.13. The van der Waals surface area contributed by atoms with Gasteiger partial charge in [0.05, 0.1) is 5.56 Å². The summed E-state index contributed by atoms with van der Waals surface area (Å²) in [6, 6.07) is 9.43. The van der Waals surface area contributed by atoms with Gasteiger partial charge in [-0.05, 0) is 42.8 Å². The molecule has 21 heavy (non-hydrogen) atoms. The molecule has 6 heteroatoms. The molecule has 0 atom stereocenters. The molecule has 0 radical (unpaired) electrons. The molecule has 2 amide bonds. The molecule has 0 spiro atoms. The second-order valence-corrected chi connectivity index (χ2v) is 4.42. The Kier molecular flexibility index (Phi) is 4.18. The maximum absolute atomic E-state index is 13.0. The molecule has 0 aliphatic rings. The maximum atomic E-state index is 13.0. The largest absolute Gasteiger partial charge is 0.478 e. The number of anilines is 2. The van der Waals surface area contributed by atoms with Gasteiger partial charge in [0.2, 0.25) is 0 Å². The zero-order valence-corrected chi connectivity index (χ0v) is 11.2. The molecular formula is C15H13FN2O3. The van der Waals surface area contributed by atoms with E-state index in [0.717, 1.165) is 0 Å². The molecular weight excluding hydrogens is 275 g/mol. The third kappa shape index (κ3) is 3.79. The van der Waals surface area contributed by atoms with E-state index in [9.17, 15) is 14.0 Å². The molecule has 0 aromatic heterocycles. The number of aryl methyl sites for hydroxylation is 1. The lowest BCUT2D eigenvalue weighted by Crippen LogP contribution is -2.19. The standard InChI is InChI=1S/C15H13FN2O3/c1-9-5-6-12(8-13(9)14(19)20)18-15(21)17-11-4-2-3-10(16)7-11/h2-8H,1H3,(H,19,20)(H2,17,18,21). The number of hydrogen-bond acceptors (Lipinski definition) is 2. The highest BCUT2D eigenvalue weighted by molar-refractivity contribution is 6.00. The smallest absolute Gasteiger partial charge is 0.336 e. The van der Waals surface area contributed by atoms with Crippen LogP contribution in [-0.4, -0.2) is 17.1 Å². The molecule has 3 N–H and O–H groups in total. The summed E-state index contributed by atoms with van der Waals surface area (Å²) in [7, 11) is 0. The van der Waals surface area contributed by atoms with E-state index >= 15 is 0 Å². The topological polar surface area (TPSA) is 78.4 Å². The predicted octanol–water partition coefficient (Wildman–Crippen LogP) is 3.48. The van der Waals surface area contributed by atoms with Crippen LogP contribution in [0.25, 0.3) is 0 Å². The fourth-order valence-electron chi connectivity index (χ4n) is 1.79. The minimum absolute atomic E-state index is 0.110. The van der Waals surface area contributed by atoms with E-state index in [0.29, 0.717) is 16.9 Å². The van der Waals surface area contributed by atoms with Crippen LogP contribution in [0.4, 0.5) is 20.6 Å². The Balaban J connectivity index is 2.09. The lowest BCUT2D eigenvalue weighted by atomic mass is 10.1. The highest BCUT2D eigenvalue weighted by atomic mass is 19.1. The molecule has 0 fully saturated rings. The van der Waals surface area contributed by atoms with Crippen molar-refractivity contribution in [3.8, 4) is 0 Å². The van der Waals surface area contributed by atoms with Gasteiger partial charge in [-0.15, -0.1) is 0 Å². The molecule has 0 aliphatic heterocycles. The molecule has 108 valence electrons. The number of nitrogens with one attached hydrogen (secondary N) is 2. The van der Waals surface area contributed by atoms with Crippen LogP contribution >= 0.6 is 0 Å². The van der Waals surface area contributed by atoms with Gasteiger partial charge in [0.25, 0.3) is 0 Å². The van der Waals surface area contributed by atoms with Crippen LogP contribution in [0.2, 0.25) is 0 Å². The minimum Gasteiger partial charge on any atom is -0.478 e. The summed E-state index contributed by atoms with van der Waals surface area (Å²) in [6.45, 7) is 1.67. The first-order valence-corrected chi connectivity index (χ1v) is 6.13. The van der Waals surface area contributed by atoms with Gasteiger partial charge in [0.1, 0.15) is 5.82 Å². The maximum Gasteiger partial charge on any atom is 0.336 e. The van der Waals surface area contributed by atoms with E-state index in [1.165, 1.54) is 24.3 Å². The van der Waals surface area contributed by atoms with E-state index in [1.54, 1.807) is 25.1 Å². The zero-order valence-electron chi connectivity index (χ0n) is 11.2. The molecule has 5 nitrogen and oxygen atoms in total. The number of rotatable bonds is 3. The van der Waals surface area contributed by atoms with Crippen molar-refractivity contribution in [1.82, 2.24) is 0 Å². The Morgan fingerprint density at radius 3 is 2.33 bits per heavy atom. The monoisotopic (exact) mass is 288 g/mol. The highest BCUT2D eigenvalue weighted by Gasteiger charge is 2.09. The Hall–Kier alpha value is -2.89. The van der Waals surface area contributed by atoms with Crippen molar-refractivity contribution in [1.29, 1.82) is 0 Å². The number of carboxylic acid groups (broad SMARTS) is 1. The van der Waals surface area contributed by atoms with Gasteiger partial charge < -0.3 is 15.7 Å². The lowest BCUT2D eigenvalue weighted by molar-refractivity contribution is 0.0696. The quantitative estimate of drug-likeness (QED) is 0.809. The zero-order chi connectivity index (χ0) is 15.4. The normalized spacial score (nSPS) is 10.0. The number of carbonyl (C=O) groups is 2. The van der Waals surface area contributed by atoms with Crippen molar-refractivity contribution >= 4 is 23.4 Å². The average molecular weight is 288 g/mol. The summed E-state index contributed by atoms with van der Waals surface area (Å²) in [5, 5.41) is 14.0. The molecule has 0 heterocycles. The lowest BCUT2D eigenvalue weighted by Gasteiger charge is -2.09. The van der Waals surface area contributed by atoms with Gasteiger partial charge in [-0.3, -0.25) is 0 Å². The van der Waals surface area contributed by atoms with Gasteiger partial charge in [0.15, 0.2) is 0 Å². The van der Waals surface area contributed by atoms with Crippen molar-refractivity contribution in [2.24, 2.45) is 0 Å². The molecule has 0 saturated carbocycles. The van der Waals surface area contributed by atoms with Gasteiger partial charge in [-0.25, -0.2) is 14.0 Å². The molecule has 0 unspecified atom stereocenters. The number of hydrogen-bond donors (Lipinski definition) is 3. The summed E-state index contributed by atoms with van der Waals surface area (Å²) in [5.41, 5.74) is 1.35. The summed E-state index contributed by atoms with van der Waals surface area (Å²) >= 11 is 0. The number of carbonyl (C=O) groups excluding carboxylic acids is 1. The predicted molar refractivity (Wildman–Crippen MR) is 77.2 cm³/mol. The van der Waals surface area contributed by atoms with Crippen molar-refractivity contribution in [3.63, 3.8) is 0 Å². The number of amides is 2. The van der Waals surface area contributed by atoms with Crippen LogP contribution in [0.1, 0.15) is 15.9 Å². The Bertz CT molecular complexity index is 701. The van der Waals surface area contributed by atoms with Crippen LogP contribution in [0, 0.1) is 12.7 Å². The SMILES string of the molecule is Cc1ccc(NC(=O)Nc2cccc(F)c2)cc1C(=O)O. The molecule has 0 saturated heterocycles. The summed E-state index contributed by atoms with van der Waals surface area (Å²) in [6.07, 6.45) is 0. The van der Waals surface area contributed by atoms with E-state index in [4.69, 9.17) is 5.11 Å². The van der Waals surface area contributed by atoms with Crippen molar-refractivity contribution in [2.45, 2.75) is 6.92 Å². The number of urea groups is 1. The molecule has 2 aromatic rings. The highest BCUT2D eigenvalue weighted by Crippen LogP contribution is 2.16. The van der Waals surface area contributed by atoms with Gasteiger partial charge in [-0.1, -0.05) is 12.1 Å². The Labute approximate surface area is 120 Å². The fraction of sp³-hybridized carbons (Fsp3) is 0.0667. The second-order valence-electron chi connectivity index (χ2n) is 4.42. The molecule has 0 aliphatic carbocycles. The molecule has 0 bridgehead atoms. The second kappa shape index (κ2) is 6.04. The van der Waals surface area contributed by atoms with E-state index in [-0.39, 0.29) is 5.56 Å². The van der Waals surface area contributed by atoms with Crippen molar-refractivity contribution in [3.05, 3.63) is 59.4 Å². The van der Waals surface area contributed by atoms with Crippen LogP contribution in [0.15, 0.2) is 42.5 Å². The van der Waals surface area contributed by atoms with Crippen LogP contribution in [0.3, 0.4) is 0 Å². The number of benzene rings is 2. The first-order chi connectivity index (χ1) is 9.95. The third-order valence-corrected chi connectivity index (χ3v) is 2.81. The van der Waals surface area contributed by atoms with Crippen molar-refractivity contribution in [2.75, 3.05) is 10.6 Å². The van der Waals surface area contributed by atoms with Crippen LogP contribution < -0.4 is 10.6 Å². The van der Waals surface area contributed by atoms with E-state index in [2.05, 4.69) is 10.6 Å². The van der Waals surface area contributed by atoms with E-state index < -0.39 is 17.8 Å². The molecule has 2 rings (SSSR count). The minimum atomic E-state index is -1.07. The van der Waals surface area contributed by atoms with Crippen molar-refractivity contribution < 1.29 is 19.1 Å². The van der Waals surface area contributed by atoms with Crippen LogP contribution in [-0.2, 0) is 0 Å². The number of aromatic carboxylic acids is 1. The number of carboxylic acids is 1. The van der Waals surface area contributed by atoms with Gasteiger partial charge >= 0.3 is 12.0 Å². The fourth-order valence-corrected chi connectivity index (χ4v) is 1.79. The number of halogens is 1. The summed E-state index contributed by atoms with van der Waals surface area (Å²) in [5.74, 6) is -1.53. The van der Waals surface area contributed by atoms with Crippen LogP contribution in [0.5, 0.6) is 0 Å². The Morgan fingerprint density at radius 2 is 1.71 bits per heavy atom. The summed E-state index contributed by atoms with van der Waals surface area (Å²) < 4.78 is 13.0. The van der Waals surface area contributed by atoms with E-state index in [1.807, 2.05) is 0 Å².